The monoisotopic (exact) mass is 1030 g/mol. The van der Waals surface area contributed by atoms with Crippen molar-refractivity contribution in [2.75, 3.05) is 13.2 Å². The highest BCUT2D eigenvalue weighted by Gasteiger charge is 2.16. The fraction of sp³-hybridized carbons (Fsp3) is 0.768. The van der Waals surface area contributed by atoms with Crippen LogP contribution in [0.2, 0.25) is 0 Å². The average Bonchev–Trinajstić information content (AvgIpc) is 3.40. The molecule has 5 nitrogen and oxygen atoms in total. The molecule has 428 valence electrons. The zero-order valence-electron chi connectivity index (χ0n) is 49.1. The molecule has 0 aromatic rings. The zero-order chi connectivity index (χ0) is 53.4. The minimum absolute atomic E-state index is 0.0669. The molecule has 0 amide bonds. The summed E-state index contributed by atoms with van der Waals surface area (Å²) in [5.41, 5.74) is 0. The molecule has 0 spiro atoms. The topological polar surface area (TPSA) is 72.8 Å². The number of carbonyl (C=O) groups excluding carboxylic acids is 2. The van der Waals surface area contributed by atoms with Gasteiger partial charge in [-0.2, -0.15) is 0 Å². The predicted molar refractivity (Wildman–Crippen MR) is 325 cm³/mol. The molecule has 0 saturated carbocycles. The number of esters is 2. The van der Waals surface area contributed by atoms with Crippen LogP contribution in [0.3, 0.4) is 0 Å². The lowest BCUT2D eigenvalue weighted by Gasteiger charge is -2.15. The highest BCUT2D eigenvalue weighted by Crippen LogP contribution is 2.17. The third-order valence-electron chi connectivity index (χ3n) is 14.2. The number of hydrogen-bond donors (Lipinski definition) is 1. The van der Waals surface area contributed by atoms with E-state index in [1.54, 1.807) is 0 Å². The summed E-state index contributed by atoms with van der Waals surface area (Å²) in [5, 5.41) is 9.68. The largest absolute Gasteiger partial charge is 0.462 e. The minimum atomic E-state index is -0.778. The molecule has 1 atom stereocenters. The van der Waals surface area contributed by atoms with E-state index >= 15 is 0 Å². The van der Waals surface area contributed by atoms with Crippen molar-refractivity contribution in [2.45, 2.75) is 328 Å². The number of rotatable bonds is 59. The van der Waals surface area contributed by atoms with Crippen LogP contribution in [0.15, 0.2) is 85.1 Å². The normalized spacial score (nSPS) is 12.7. The Bertz CT molecular complexity index is 1350. The standard InChI is InChI=1S/C69H122O5/c1-3-5-7-9-11-13-15-17-19-21-23-25-27-29-31-32-33-34-35-36-38-39-41-43-45-47-49-51-53-55-57-59-61-63-68(71)73-66-67(65-70)74-69(72)64-62-60-58-56-54-52-50-48-46-44-42-40-37-30-28-26-24-22-20-18-16-14-12-10-8-6-4-2/h6,8,12,14-15,17-18,20-21,23-24,26,30,37,67,70H,3-5,7,9-11,13,16,19,22,25,27-29,31-36,38-66H2,1-2H3/b8-6-,14-12-,17-15-,20-18-,23-21-,26-24-,37-30-. The van der Waals surface area contributed by atoms with E-state index in [1.807, 2.05) is 0 Å². The first-order valence-corrected chi connectivity index (χ1v) is 32.1. The molecule has 1 unspecified atom stereocenters. The molecule has 0 aromatic heterocycles. The van der Waals surface area contributed by atoms with Crippen molar-refractivity contribution in [1.29, 1.82) is 0 Å². The number of allylic oxidation sites excluding steroid dienone is 14. The first-order chi connectivity index (χ1) is 36.6. The number of aliphatic hydroxyl groups is 1. The van der Waals surface area contributed by atoms with Gasteiger partial charge in [-0.1, -0.05) is 304 Å². The molecule has 0 heterocycles. The van der Waals surface area contributed by atoms with E-state index in [2.05, 4.69) is 98.9 Å². The second kappa shape index (κ2) is 64.4. The third kappa shape index (κ3) is 61.6. The Morgan fingerprint density at radius 1 is 0.324 bits per heavy atom. The van der Waals surface area contributed by atoms with Crippen molar-refractivity contribution in [2.24, 2.45) is 0 Å². The fourth-order valence-electron chi connectivity index (χ4n) is 9.38. The van der Waals surface area contributed by atoms with E-state index < -0.39 is 6.10 Å². The number of aliphatic hydroxyl groups excluding tert-OH is 1. The molecule has 0 saturated heterocycles. The molecule has 0 aliphatic carbocycles. The summed E-state index contributed by atoms with van der Waals surface area (Å²) in [6.07, 6.45) is 90.2. The van der Waals surface area contributed by atoms with Crippen molar-refractivity contribution in [1.82, 2.24) is 0 Å². The van der Waals surface area contributed by atoms with Crippen molar-refractivity contribution in [3.8, 4) is 0 Å². The van der Waals surface area contributed by atoms with E-state index in [0.717, 1.165) is 77.0 Å². The van der Waals surface area contributed by atoms with Crippen LogP contribution in [0.5, 0.6) is 0 Å². The maximum atomic E-state index is 12.3. The molecule has 1 N–H and O–H groups in total. The highest BCUT2D eigenvalue weighted by atomic mass is 16.6. The van der Waals surface area contributed by atoms with E-state index in [-0.39, 0.29) is 25.2 Å². The van der Waals surface area contributed by atoms with Gasteiger partial charge in [0.25, 0.3) is 0 Å². The summed E-state index contributed by atoms with van der Waals surface area (Å²) < 4.78 is 10.7. The smallest absolute Gasteiger partial charge is 0.306 e. The Balaban J connectivity index is 3.45. The quantitative estimate of drug-likeness (QED) is 0.0373. The second-order valence-electron chi connectivity index (χ2n) is 21.5. The number of hydrogen-bond acceptors (Lipinski definition) is 5. The lowest BCUT2D eigenvalue weighted by molar-refractivity contribution is -0.161. The summed E-state index contributed by atoms with van der Waals surface area (Å²) in [4.78, 5) is 24.6. The predicted octanol–water partition coefficient (Wildman–Crippen LogP) is 22.1. The van der Waals surface area contributed by atoms with Gasteiger partial charge >= 0.3 is 11.9 Å². The molecule has 0 aromatic carbocycles. The second-order valence-corrected chi connectivity index (χ2v) is 21.5. The number of unbranched alkanes of at least 4 members (excludes halogenated alkanes) is 37. The molecule has 0 bridgehead atoms. The number of carbonyl (C=O) groups is 2. The maximum Gasteiger partial charge on any atom is 0.306 e. The minimum Gasteiger partial charge on any atom is -0.462 e. The Morgan fingerprint density at radius 3 is 0.878 bits per heavy atom. The van der Waals surface area contributed by atoms with E-state index in [4.69, 9.17) is 9.47 Å². The maximum absolute atomic E-state index is 12.3. The first-order valence-electron chi connectivity index (χ1n) is 32.1. The van der Waals surface area contributed by atoms with Gasteiger partial charge in [0.2, 0.25) is 0 Å². The van der Waals surface area contributed by atoms with Gasteiger partial charge in [0.1, 0.15) is 6.61 Å². The van der Waals surface area contributed by atoms with Crippen LogP contribution < -0.4 is 0 Å². The summed E-state index contributed by atoms with van der Waals surface area (Å²) >= 11 is 0. The SMILES string of the molecule is CC/C=C\C/C=C\C/C=C\C/C=C\C/C=C\CCCCCCCCCCCCCC(=O)OC(CO)COC(=O)CCCCCCCCCCCCCCCCCCCCCCC/C=C\C/C=C\CCCCCCC. The van der Waals surface area contributed by atoms with Gasteiger partial charge in [0.05, 0.1) is 6.61 Å². The fourth-order valence-corrected chi connectivity index (χ4v) is 9.38. The Labute approximate surface area is 460 Å². The van der Waals surface area contributed by atoms with Gasteiger partial charge in [-0.3, -0.25) is 9.59 Å². The zero-order valence-corrected chi connectivity index (χ0v) is 49.1. The Hall–Kier alpha value is -2.92. The lowest BCUT2D eigenvalue weighted by atomic mass is 10.0. The highest BCUT2D eigenvalue weighted by molar-refractivity contribution is 5.70. The summed E-state index contributed by atoms with van der Waals surface area (Å²) in [5.74, 6) is -0.583. The first kappa shape index (κ1) is 71.1. The van der Waals surface area contributed by atoms with Gasteiger partial charge in [0, 0.05) is 12.8 Å². The summed E-state index contributed by atoms with van der Waals surface area (Å²) in [7, 11) is 0. The third-order valence-corrected chi connectivity index (χ3v) is 14.2. The van der Waals surface area contributed by atoms with Crippen LogP contribution >= 0.6 is 0 Å². The van der Waals surface area contributed by atoms with Gasteiger partial charge < -0.3 is 14.6 Å². The van der Waals surface area contributed by atoms with E-state index in [0.29, 0.717) is 12.8 Å². The van der Waals surface area contributed by atoms with Crippen LogP contribution in [0.25, 0.3) is 0 Å². The van der Waals surface area contributed by atoms with Gasteiger partial charge in [-0.15, -0.1) is 0 Å². The van der Waals surface area contributed by atoms with Crippen LogP contribution in [-0.2, 0) is 19.1 Å². The summed E-state index contributed by atoms with van der Waals surface area (Å²) in [6, 6.07) is 0. The van der Waals surface area contributed by atoms with Gasteiger partial charge in [-0.05, 0) is 89.9 Å². The molecule has 0 aliphatic heterocycles. The number of ether oxygens (including phenoxy) is 2. The van der Waals surface area contributed by atoms with Crippen LogP contribution in [0.1, 0.15) is 322 Å². The van der Waals surface area contributed by atoms with E-state index in [9.17, 15) is 14.7 Å². The molecule has 0 radical (unpaired) electrons. The van der Waals surface area contributed by atoms with Crippen LogP contribution in [0.4, 0.5) is 0 Å². The van der Waals surface area contributed by atoms with Crippen LogP contribution in [0, 0.1) is 0 Å². The van der Waals surface area contributed by atoms with Crippen molar-refractivity contribution < 1.29 is 24.2 Å². The van der Waals surface area contributed by atoms with Crippen molar-refractivity contribution in [3.63, 3.8) is 0 Å². The van der Waals surface area contributed by atoms with Gasteiger partial charge in [0.15, 0.2) is 6.10 Å². The summed E-state index contributed by atoms with van der Waals surface area (Å²) in [6.45, 7) is 4.05. The Kier molecular flexibility index (Phi) is 61.8. The van der Waals surface area contributed by atoms with E-state index in [1.165, 1.54) is 218 Å². The molecular formula is C69H122O5. The molecule has 5 heteroatoms. The molecule has 74 heavy (non-hydrogen) atoms. The van der Waals surface area contributed by atoms with Gasteiger partial charge in [-0.25, -0.2) is 0 Å². The molecule has 0 rings (SSSR count). The molecule has 0 fully saturated rings. The van der Waals surface area contributed by atoms with Crippen LogP contribution in [-0.4, -0.2) is 36.4 Å². The van der Waals surface area contributed by atoms with Crippen molar-refractivity contribution in [3.05, 3.63) is 85.1 Å². The molecule has 0 aliphatic rings. The molecular weight excluding hydrogens is 909 g/mol. The average molecular weight is 1030 g/mol. The lowest BCUT2D eigenvalue weighted by Crippen LogP contribution is -2.28. The van der Waals surface area contributed by atoms with Crippen molar-refractivity contribution >= 4 is 11.9 Å². The Morgan fingerprint density at radius 2 is 0.581 bits per heavy atom.